The van der Waals surface area contributed by atoms with Crippen molar-refractivity contribution in [3.05, 3.63) is 26.8 Å². The van der Waals surface area contributed by atoms with Gasteiger partial charge in [-0.2, -0.15) is 11.3 Å². The first kappa shape index (κ1) is 14.5. The fourth-order valence-electron chi connectivity index (χ4n) is 2.33. The maximum Gasteiger partial charge on any atom is 0.164 e. The smallest absolute Gasteiger partial charge is 0.164 e. The molecule has 1 N–H and O–H groups in total. The third-order valence-corrected chi connectivity index (χ3v) is 5.63. The zero-order valence-corrected chi connectivity index (χ0v) is 14.4. The van der Waals surface area contributed by atoms with Crippen molar-refractivity contribution in [2.75, 3.05) is 11.9 Å². The van der Waals surface area contributed by atoms with E-state index in [0.717, 1.165) is 35.0 Å². The van der Waals surface area contributed by atoms with E-state index < -0.39 is 0 Å². The van der Waals surface area contributed by atoms with E-state index in [4.69, 9.17) is 9.97 Å². The number of hydrogen-bond acceptors (Lipinski definition) is 5. The number of nitrogens with one attached hydrogen (secondary N) is 1. The number of fused-ring (bicyclic) bond motifs is 1. The fourth-order valence-corrected chi connectivity index (χ4v) is 4.19. The topological polar surface area (TPSA) is 37.8 Å². The van der Waals surface area contributed by atoms with Crippen molar-refractivity contribution in [2.24, 2.45) is 0 Å². The molecule has 3 nitrogen and oxygen atoms in total. The van der Waals surface area contributed by atoms with Crippen LogP contribution in [-0.4, -0.2) is 16.5 Å². The molecule has 0 radical (unpaired) electrons. The molecule has 0 aliphatic heterocycles. The van der Waals surface area contributed by atoms with E-state index >= 15 is 0 Å². The van der Waals surface area contributed by atoms with E-state index in [9.17, 15) is 0 Å². The molecule has 3 aromatic heterocycles. The highest BCUT2D eigenvalue weighted by molar-refractivity contribution is 7.18. The molecular weight excluding hydrogens is 298 g/mol. The third-order valence-electron chi connectivity index (χ3n) is 3.67. The Hall–Kier alpha value is -1.46. The molecular formula is C16H19N3S2. The van der Waals surface area contributed by atoms with Crippen LogP contribution in [0.1, 0.15) is 29.3 Å². The second-order valence-electron chi connectivity index (χ2n) is 5.25. The van der Waals surface area contributed by atoms with Crippen LogP contribution < -0.4 is 5.32 Å². The Morgan fingerprint density at radius 1 is 1.14 bits per heavy atom. The van der Waals surface area contributed by atoms with Gasteiger partial charge in [0.1, 0.15) is 10.6 Å². The summed E-state index contributed by atoms with van der Waals surface area (Å²) in [5, 5.41) is 8.93. The molecule has 3 heterocycles. The summed E-state index contributed by atoms with van der Waals surface area (Å²) in [7, 11) is 0. The van der Waals surface area contributed by atoms with Crippen LogP contribution in [0.15, 0.2) is 10.8 Å². The van der Waals surface area contributed by atoms with E-state index in [1.807, 2.05) is 0 Å². The predicted molar refractivity (Wildman–Crippen MR) is 93.7 cm³/mol. The molecule has 110 valence electrons. The van der Waals surface area contributed by atoms with Crippen LogP contribution in [0, 0.1) is 20.8 Å². The molecule has 21 heavy (non-hydrogen) atoms. The molecule has 0 aliphatic carbocycles. The summed E-state index contributed by atoms with van der Waals surface area (Å²) in [5.41, 5.74) is 3.68. The summed E-state index contributed by atoms with van der Waals surface area (Å²) < 4.78 is 0. The number of aryl methyl sites for hydroxylation is 3. The summed E-state index contributed by atoms with van der Waals surface area (Å²) in [6, 6.07) is 0. The molecule has 5 heteroatoms. The Morgan fingerprint density at radius 2 is 1.95 bits per heavy atom. The minimum Gasteiger partial charge on any atom is -0.369 e. The van der Waals surface area contributed by atoms with Crippen LogP contribution in [-0.2, 0) is 0 Å². The number of anilines is 1. The van der Waals surface area contributed by atoms with Gasteiger partial charge < -0.3 is 5.32 Å². The Bertz CT molecular complexity index is 786. The van der Waals surface area contributed by atoms with Gasteiger partial charge in [-0.05, 0) is 43.7 Å². The Balaban J connectivity index is 2.22. The average molecular weight is 317 g/mol. The zero-order chi connectivity index (χ0) is 15.0. The first-order valence-electron chi connectivity index (χ1n) is 7.16. The summed E-state index contributed by atoms with van der Waals surface area (Å²) in [6.07, 6.45) is 1.08. The summed E-state index contributed by atoms with van der Waals surface area (Å²) >= 11 is 3.46. The molecule has 0 unspecified atom stereocenters. The summed E-state index contributed by atoms with van der Waals surface area (Å²) in [4.78, 5) is 12.0. The molecule has 0 fully saturated rings. The van der Waals surface area contributed by atoms with Gasteiger partial charge in [-0.25, -0.2) is 9.97 Å². The minimum absolute atomic E-state index is 0.834. The quantitative estimate of drug-likeness (QED) is 0.721. The average Bonchev–Trinajstić information content (AvgIpc) is 3.01. The van der Waals surface area contributed by atoms with Gasteiger partial charge >= 0.3 is 0 Å². The monoisotopic (exact) mass is 317 g/mol. The lowest BCUT2D eigenvalue weighted by atomic mass is 10.2. The van der Waals surface area contributed by atoms with Crippen LogP contribution in [0.5, 0.6) is 0 Å². The molecule has 0 amide bonds. The van der Waals surface area contributed by atoms with Crippen molar-refractivity contribution in [3.8, 4) is 11.4 Å². The molecule has 0 saturated heterocycles. The number of nitrogens with zero attached hydrogens (tertiary/aromatic N) is 2. The van der Waals surface area contributed by atoms with Gasteiger partial charge in [-0.15, -0.1) is 11.3 Å². The SMILES string of the molecule is CCCNc1nc(-c2cscc2C)nc2sc(C)c(C)c12. The van der Waals surface area contributed by atoms with Gasteiger partial charge in [0.15, 0.2) is 5.82 Å². The van der Waals surface area contributed by atoms with Crippen LogP contribution in [0.3, 0.4) is 0 Å². The molecule has 3 aromatic rings. The lowest BCUT2D eigenvalue weighted by molar-refractivity contribution is 0.970. The van der Waals surface area contributed by atoms with Crippen molar-refractivity contribution >= 4 is 38.7 Å². The summed E-state index contributed by atoms with van der Waals surface area (Å²) in [5.74, 6) is 1.81. The molecule has 0 saturated carbocycles. The molecule has 3 rings (SSSR count). The number of rotatable bonds is 4. The highest BCUT2D eigenvalue weighted by Crippen LogP contribution is 2.35. The third kappa shape index (κ3) is 2.56. The van der Waals surface area contributed by atoms with Crippen molar-refractivity contribution in [3.63, 3.8) is 0 Å². The summed E-state index contributed by atoms with van der Waals surface area (Å²) in [6.45, 7) is 9.53. The van der Waals surface area contributed by atoms with E-state index in [1.165, 1.54) is 21.4 Å². The minimum atomic E-state index is 0.834. The Kier molecular flexibility index (Phi) is 3.95. The van der Waals surface area contributed by atoms with E-state index in [2.05, 4.69) is 43.8 Å². The lowest BCUT2D eigenvalue weighted by Crippen LogP contribution is -2.04. The zero-order valence-electron chi connectivity index (χ0n) is 12.8. The molecule has 0 bridgehead atoms. The maximum atomic E-state index is 4.81. The highest BCUT2D eigenvalue weighted by Gasteiger charge is 2.16. The van der Waals surface area contributed by atoms with Gasteiger partial charge in [0, 0.05) is 22.4 Å². The number of thiophene rings is 2. The van der Waals surface area contributed by atoms with Crippen molar-refractivity contribution in [1.82, 2.24) is 9.97 Å². The second kappa shape index (κ2) is 5.73. The van der Waals surface area contributed by atoms with Gasteiger partial charge in [0.05, 0.1) is 5.39 Å². The van der Waals surface area contributed by atoms with Gasteiger partial charge in [0.25, 0.3) is 0 Å². The van der Waals surface area contributed by atoms with Crippen LogP contribution >= 0.6 is 22.7 Å². The second-order valence-corrected chi connectivity index (χ2v) is 7.20. The normalized spacial score (nSPS) is 11.2. The molecule has 0 aromatic carbocycles. The van der Waals surface area contributed by atoms with Crippen molar-refractivity contribution in [2.45, 2.75) is 34.1 Å². The molecule has 0 atom stereocenters. The first-order valence-corrected chi connectivity index (χ1v) is 8.92. The Morgan fingerprint density at radius 3 is 2.62 bits per heavy atom. The van der Waals surface area contributed by atoms with E-state index in [1.54, 1.807) is 22.7 Å². The van der Waals surface area contributed by atoms with E-state index in [0.29, 0.717) is 0 Å². The van der Waals surface area contributed by atoms with Gasteiger partial charge in [-0.1, -0.05) is 6.92 Å². The maximum absolute atomic E-state index is 4.81. The number of hydrogen-bond donors (Lipinski definition) is 1. The van der Waals surface area contributed by atoms with Gasteiger partial charge in [0.2, 0.25) is 0 Å². The van der Waals surface area contributed by atoms with Crippen molar-refractivity contribution in [1.29, 1.82) is 0 Å². The first-order chi connectivity index (χ1) is 10.1. The molecule has 0 spiro atoms. The standard InChI is InChI=1S/C16H19N3S2/c1-5-6-17-15-13-10(3)11(4)21-16(13)19-14(18-15)12-8-20-7-9(12)2/h7-8H,5-6H2,1-4H3,(H,17,18,19). The lowest BCUT2D eigenvalue weighted by Gasteiger charge is -2.09. The van der Waals surface area contributed by atoms with Crippen LogP contribution in [0.2, 0.25) is 0 Å². The van der Waals surface area contributed by atoms with Gasteiger partial charge in [-0.3, -0.25) is 0 Å². The number of aromatic nitrogens is 2. The van der Waals surface area contributed by atoms with Crippen LogP contribution in [0.25, 0.3) is 21.6 Å². The Labute approximate surface area is 133 Å². The largest absolute Gasteiger partial charge is 0.369 e. The fraction of sp³-hybridized carbons (Fsp3) is 0.375. The van der Waals surface area contributed by atoms with E-state index in [-0.39, 0.29) is 0 Å². The predicted octanol–water partition coefficient (Wildman–Crippen LogP) is 5.17. The highest BCUT2D eigenvalue weighted by atomic mass is 32.1. The molecule has 0 aliphatic rings. The van der Waals surface area contributed by atoms with Crippen molar-refractivity contribution < 1.29 is 0 Å². The van der Waals surface area contributed by atoms with Crippen LogP contribution in [0.4, 0.5) is 5.82 Å².